The van der Waals surface area contributed by atoms with E-state index in [4.69, 9.17) is 0 Å². The first-order chi connectivity index (χ1) is 5.50. The summed E-state index contributed by atoms with van der Waals surface area (Å²) >= 11 is 0. The highest BCUT2D eigenvalue weighted by Crippen LogP contribution is 1.73. The molecule has 13 heavy (non-hydrogen) atoms. The minimum atomic E-state index is 0. The second kappa shape index (κ2) is 10.2. The number of aromatic nitrogens is 3. The van der Waals surface area contributed by atoms with Crippen molar-refractivity contribution in [2.75, 3.05) is 0 Å². The van der Waals surface area contributed by atoms with Gasteiger partial charge in [-0.3, -0.25) is 19.5 Å². The molecule has 0 atom stereocenters. The highest BCUT2D eigenvalue weighted by Gasteiger charge is 1.58. The van der Waals surface area contributed by atoms with E-state index in [-0.39, 0.29) is 9.41 Å². The molecule has 5 heteroatoms. The van der Waals surface area contributed by atoms with Gasteiger partial charge in [-0.15, -0.1) is 0 Å². The number of nitrogens with zero attached hydrogens (tertiary/aromatic N) is 2. The number of rotatable bonds is 0. The lowest BCUT2D eigenvalue weighted by Crippen LogP contribution is -1.58. The molecule has 0 bridgehead atoms. The smallest absolute Gasteiger partial charge is 0.0487 e. The first-order valence-corrected chi connectivity index (χ1v) is 3.29. The zero-order chi connectivity index (χ0) is 7.78. The van der Waals surface area contributed by atoms with Crippen LogP contribution in [0, 0.1) is 0 Å². The third kappa shape index (κ3) is 8.12. The molecule has 0 spiro atoms. The Morgan fingerprint density at radius 1 is 0.769 bits per heavy atom. The fourth-order valence-electron chi connectivity index (χ4n) is 0.528. The summed E-state index contributed by atoms with van der Waals surface area (Å²) in [5, 5.41) is 6.21. The number of pyridine rings is 1. The summed E-state index contributed by atoms with van der Waals surface area (Å²) in [5.41, 5.74) is 0. The quantitative estimate of drug-likeness (QED) is 0.683. The predicted octanol–water partition coefficient (Wildman–Crippen LogP) is 1.80. The minimum Gasteiger partial charge on any atom is -0.286 e. The van der Waals surface area contributed by atoms with Crippen molar-refractivity contribution < 1.29 is 9.41 Å². The number of hydrogen-bond acceptors (Lipinski definition) is 2. The van der Waals surface area contributed by atoms with Crippen LogP contribution in [0.5, 0.6) is 0 Å². The Labute approximate surface area is 74.6 Å². The number of nitrogens with one attached hydrogen (secondary N) is 1. The van der Waals surface area contributed by atoms with Crippen LogP contribution in [0.15, 0.2) is 49.1 Å². The molecule has 0 aromatic carbocycles. The maximum atomic E-state index is 3.78. The molecule has 3 nitrogen and oxygen atoms in total. The molecule has 0 aliphatic rings. The molecule has 2 rings (SSSR count). The molecule has 0 saturated carbocycles. The Bertz CT molecular complexity index is 203. The van der Waals surface area contributed by atoms with Crippen LogP contribution in [-0.4, -0.2) is 15.2 Å². The van der Waals surface area contributed by atoms with E-state index >= 15 is 0 Å². The summed E-state index contributed by atoms with van der Waals surface area (Å²) in [6.07, 6.45) is 6.96. The molecule has 0 saturated heterocycles. The summed E-state index contributed by atoms with van der Waals surface area (Å²) in [5.74, 6) is 0. The molecule has 0 aliphatic carbocycles. The number of H-pyrrole nitrogens is 1. The van der Waals surface area contributed by atoms with Gasteiger partial charge in [0.05, 0.1) is 0 Å². The Morgan fingerprint density at radius 3 is 1.62 bits per heavy atom. The van der Waals surface area contributed by atoms with E-state index in [1.54, 1.807) is 24.8 Å². The molecule has 2 heterocycles. The van der Waals surface area contributed by atoms with Crippen molar-refractivity contribution >= 4 is 0 Å². The van der Waals surface area contributed by atoms with Gasteiger partial charge in [0.15, 0.2) is 0 Å². The zero-order valence-electron chi connectivity index (χ0n) is 6.83. The van der Waals surface area contributed by atoms with Crippen molar-refractivity contribution in [1.29, 1.82) is 0 Å². The number of halogens is 2. The van der Waals surface area contributed by atoms with E-state index in [0.717, 1.165) is 0 Å². The van der Waals surface area contributed by atoms with Crippen molar-refractivity contribution in [3.05, 3.63) is 49.1 Å². The van der Waals surface area contributed by atoms with Crippen molar-refractivity contribution in [2.24, 2.45) is 0 Å². The van der Waals surface area contributed by atoms with Gasteiger partial charge in [-0.25, -0.2) is 0 Å². The third-order valence-electron chi connectivity index (χ3n) is 0.972. The van der Waals surface area contributed by atoms with E-state index in [9.17, 15) is 0 Å². The van der Waals surface area contributed by atoms with Crippen LogP contribution in [-0.2, 0) is 0 Å². The average Bonchev–Trinajstić information content (AvgIpc) is 2.64. The normalized spacial score (nSPS) is 6.77. The van der Waals surface area contributed by atoms with Gasteiger partial charge in [0.25, 0.3) is 0 Å². The predicted molar refractivity (Wildman–Crippen MR) is 47.8 cm³/mol. The highest BCUT2D eigenvalue weighted by atomic mass is 19.0. The molecule has 1 N–H and O–H groups in total. The van der Waals surface area contributed by atoms with Gasteiger partial charge in [0.2, 0.25) is 0 Å². The summed E-state index contributed by atoms with van der Waals surface area (Å²) in [6, 6.07) is 7.55. The topological polar surface area (TPSA) is 41.6 Å². The average molecular weight is 187 g/mol. The molecular formula is C8H11F2N3. The molecule has 0 unspecified atom stereocenters. The summed E-state index contributed by atoms with van der Waals surface area (Å²) < 4.78 is 0. The lowest BCUT2D eigenvalue weighted by molar-refractivity contribution is 1.09. The molecule has 2 aromatic rings. The van der Waals surface area contributed by atoms with Crippen molar-refractivity contribution in [3.8, 4) is 0 Å². The fourth-order valence-corrected chi connectivity index (χ4v) is 0.528. The molecule has 0 fully saturated rings. The largest absolute Gasteiger partial charge is 0.286 e. The van der Waals surface area contributed by atoms with Gasteiger partial charge in [-0.05, 0) is 18.2 Å². The van der Waals surface area contributed by atoms with Crippen LogP contribution >= 0.6 is 0 Å². The van der Waals surface area contributed by atoms with Crippen LogP contribution in [0.25, 0.3) is 0 Å². The van der Waals surface area contributed by atoms with Crippen molar-refractivity contribution in [2.45, 2.75) is 0 Å². The van der Waals surface area contributed by atoms with Crippen LogP contribution in [0.1, 0.15) is 0 Å². The highest BCUT2D eigenvalue weighted by molar-refractivity contribution is 4.88. The molecule has 0 amide bonds. The minimum absolute atomic E-state index is 0. The van der Waals surface area contributed by atoms with Gasteiger partial charge >= 0.3 is 0 Å². The van der Waals surface area contributed by atoms with Crippen molar-refractivity contribution in [3.63, 3.8) is 0 Å². The van der Waals surface area contributed by atoms with Gasteiger partial charge in [0, 0.05) is 24.8 Å². The third-order valence-corrected chi connectivity index (χ3v) is 0.972. The summed E-state index contributed by atoms with van der Waals surface area (Å²) in [6.45, 7) is 0. The second-order valence-electron chi connectivity index (χ2n) is 1.79. The fraction of sp³-hybridized carbons (Fsp3) is 0. The molecular weight excluding hydrogens is 176 g/mol. The van der Waals surface area contributed by atoms with E-state index in [1.165, 1.54) is 0 Å². The van der Waals surface area contributed by atoms with Gasteiger partial charge < -0.3 is 0 Å². The lowest BCUT2D eigenvalue weighted by atomic mass is 10.5. The van der Waals surface area contributed by atoms with E-state index in [0.29, 0.717) is 0 Å². The Morgan fingerprint density at radius 2 is 1.46 bits per heavy atom. The Hall–Kier alpha value is -1.78. The second-order valence-corrected chi connectivity index (χ2v) is 1.79. The van der Waals surface area contributed by atoms with Crippen LogP contribution in [0.2, 0.25) is 0 Å². The summed E-state index contributed by atoms with van der Waals surface area (Å²) in [4.78, 5) is 3.78. The van der Waals surface area contributed by atoms with E-state index in [2.05, 4.69) is 15.2 Å². The first kappa shape index (κ1) is 13.8. The van der Waals surface area contributed by atoms with Gasteiger partial charge in [0.1, 0.15) is 0 Å². The van der Waals surface area contributed by atoms with Gasteiger partial charge in [-0.1, -0.05) is 6.07 Å². The standard InChI is InChI=1S/C5H5N.C3H4N2.2FH/c1-2-4-6-5-3-1;1-2-4-5-3-1;;/h1-5H;1-3H,(H,4,5);2*1H. The molecule has 2 aromatic heterocycles. The Balaban J connectivity index is 0. The van der Waals surface area contributed by atoms with Gasteiger partial charge in [-0.2, -0.15) is 5.10 Å². The zero-order valence-corrected chi connectivity index (χ0v) is 6.83. The van der Waals surface area contributed by atoms with E-state index < -0.39 is 0 Å². The maximum Gasteiger partial charge on any atom is 0.0487 e. The molecule has 0 radical (unpaired) electrons. The molecule has 0 aliphatic heterocycles. The van der Waals surface area contributed by atoms with Crippen LogP contribution < -0.4 is 0 Å². The number of aromatic amines is 1. The monoisotopic (exact) mass is 187 g/mol. The summed E-state index contributed by atoms with van der Waals surface area (Å²) in [7, 11) is 0. The van der Waals surface area contributed by atoms with Crippen molar-refractivity contribution in [1.82, 2.24) is 15.2 Å². The number of hydrogen-bond donors (Lipinski definition) is 1. The van der Waals surface area contributed by atoms with Crippen LogP contribution in [0.4, 0.5) is 9.41 Å². The maximum absolute atomic E-state index is 3.78. The SMILES string of the molecule is F.F.c1ccncc1.c1cn[nH]c1. The van der Waals surface area contributed by atoms with E-state index in [1.807, 2.05) is 24.3 Å². The first-order valence-electron chi connectivity index (χ1n) is 3.29. The Kier molecular flexibility index (Phi) is 10.8. The van der Waals surface area contributed by atoms with Crippen LogP contribution in [0.3, 0.4) is 0 Å². The molecule has 72 valence electrons. The lowest BCUT2D eigenvalue weighted by Gasteiger charge is -1.70.